The second kappa shape index (κ2) is 6.72. The third kappa shape index (κ3) is 3.30. The first-order valence-electron chi connectivity index (χ1n) is 7.80. The van der Waals surface area contributed by atoms with E-state index in [0.717, 1.165) is 18.9 Å². The maximum atomic E-state index is 12.9. The van der Waals surface area contributed by atoms with Crippen molar-refractivity contribution in [2.24, 2.45) is 5.92 Å². The molecule has 1 aliphatic heterocycles. The minimum absolute atomic E-state index is 0.101. The van der Waals surface area contributed by atoms with Crippen LogP contribution in [0.1, 0.15) is 19.9 Å². The number of hydrogen-bond donors (Lipinski definition) is 0. The average Bonchev–Trinajstić information content (AvgIpc) is 3.09. The molecule has 2 aromatic heterocycles. The highest BCUT2D eigenvalue weighted by Crippen LogP contribution is 2.21. The van der Waals surface area contributed by atoms with Gasteiger partial charge >= 0.3 is 0 Å². The molecule has 1 saturated heterocycles. The van der Waals surface area contributed by atoms with E-state index in [1.165, 1.54) is 6.33 Å². The van der Waals surface area contributed by atoms with Gasteiger partial charge in [-0.1, -0.05) is 13.8 Å². The number of aromatic nitrogens is 5. The molecule has 122 valence electrons. The Bertz CT molecular complexity index is 621. The summed E-state index contributed by atoms with van der Waals surface area (Å²) in [6.45, 7) is 6.92. The molecule has 23 heavy (non-hydrogen) atoms. The number of piperazine rings is 1. The lowest BCUT2D eigenvalue weighted by Crippen LogP contribution is -2.51. The van der Waals surface area contributed by atoms with Crippen molar-refractivity contribution in [2.75, 3.05) is 31.1 Å². The van der Waals surface area contributed by atoms with Crippen molar-refractivity contribution in [3.63, 3.8) is 0 Å². The normalized spacial score (nSPS) is 16.7. The third-order valence-corrected chi connectivity index (χ3v) is 4.07. The predicted molar refractivity (Wildman–Crippen MR) is 84.7 cm³/mol. The van der Waals surface area contributed by atoms with E-state index < -0.39 is 0 Å². The smallest absolute Gasteiger partial charge is 0.247 e. The number of rotatable bonds is 4. The van der Waals surface area contributed by atoms with Crippen LogP contribution in [-0.2, 0) is 4.79 Å². The van der Waals surface area contributed by atoms with Crippen molar-refractivity contribution < 1.29 is 4.79 Å². The van der Waals surface area contributed by atoms with E-state index in [4.69, 9.17) is 0 Å². The largest absolute Gasteiger partial charge is 0.352 e. The first kappa shape index (κ1) is 15.4. The molecule has 1 amide bonds. The topological polar surface area (TPSA) is 80.0 Å². The highest BCUT2D eigenvalue weighted by Gasteiger charge is 2.31. The van der Waals surface area contributed by atoms with E-state index in [1.807, 2.05) is 18.7 Å². The summed E-state index contributed by atoms with van der Waals surface area (Å²) in [6.07, 6.45) is 8.18. The fourth-order valence-corrected chi connectivity index (χ4v) is 2.86. The van der Waals surface area contributed by atoms with E-state index >= 15 is 0 Å². The van der Waals surface area contributed by atoms with Gasteiger partial charge in [-0.3, -0.25) is 9.78 Å². The first-order valence-corrected chi connectivity index (χ1v) is 7.80. The molecule has 1 aliphatic rings. The van der Waals surface area contributed by atoms with Gasteiger partial charge in [-0.05, 0) is 5.92 Å². The number of anilines is 1. The van der Waals surface area contributed by atoms with Crippen LogP contribution in [0.25, 0.3) is 0 Å². The first-order chi connectivity index (χ1) is 11.2. The van der Waals surface area contributed by atoms with Crippen molar-refractivity contribution in [2.45, 2.75) is 19.9 Å². The second-order valence-electron chi connectivity index (χ2n) is 5.94. The lowest BCUT2D eigenvalue weighted by Gasteiger charge is -2.37. The Morgan fingerprint density at radius 1 is 1.13 bits per heavy atom. The monoisotopic (exact) mass is 315 g/mol. The molecule has 0 bridgehead atoms. The SMILES string of the molecule is CC(C)C(C(=O)N1CCN(c2cnccn2)CC1)n1cncn1. The molecule has 0 aliphatic carbocycles. The Morgan fingerprint density at radius 2 is 1.91 bits per heavy atom. The van der Waals surface area contributed by atoms with Gasteiger partial charge in [0.25, 0.3) is 0 Å². The van der Waals surface area contributed by atoms with Crippen molar-refractivity contribution in [1.29, 1.82) is 0 Å². The Balaban J connectivity index is 1.66. The highest BCUT2D eigenvalue weighted by atomic mass is 16.2. The Morgan fingerprint density at radius 3 is 2.48 bits per heavy atom. The van der Waals surface area contributed by atoms with Gasteiger partial charge in [-0.2, -0.15) is 5.10 Å². The van der Waals surface area contributed by atoms with Crippen molar-refractivity contribution in [3.8, 4) is 0 Å². The van der Waals surface area contributed by atoms with Crippen molar-refractivity contribution >= 4 is 11.7 Å². The Kier molecular flexibility index (Phi) is 4.50. The number of nitrogens with zero attached hydrogens (tertiary/aromatic N) is 7. The molecule has 8 nitrogen and oxygen atoms in total. The number of amides is 1. The quantitative estimate of drug-likeness (QED) is 0.822. The van der Waals surface area contributed by atoms with Crippen molar-refractivity contribution in [1.82, 2.24) is 29.6 Å². The molecule has 0 aromatic carbocycles. The van der Waals surface area contributed by atoms with Crippen LogP contribution in [0.2, 0.25) is 0 Å². The zero-order valence-electron chi connectivity index (χ0n) is 13.4. The van der Waals surface area contributed by atoms with Crippen LogP contribution in [0.15, 0.2) is 31.2 Å². The maximum Gasteiger partial charge on any atom is 0.247 e. The van der Waals surface area contributed by atoms with Gasteiger partial charge in [0, 0.05) is 38.6 Å². The molecule has 2 aromatic rings. The third-order valence-electron chi connectivity index (χ3n) is 4.07. The lowest BCUT2D eigenvalue weighted by molar-refractivity contribution is -0.136. The van der Waals surface area contributed by atoms with E-state index in [1.54, 1.807) is 29.6 Å². The molecular weight excluding hydrogens is 294 g/mol. The van der Waals surface area contributed by atoms with E-state index in [-0.39, 0.29) is 17.9 Å². The zero-order chi connectivity index (χ0) is 16.2. The van der Waals surface area contributed by atoms with E-state index in [2.05, 4.69) is 25.0 Å². The fraction of sp³-hybridized carbons (Fsp3) is 0.533. The Labute approximate surface area is 135 Å². The van der Waals surface area contributed by atoms with Gasteiger partial charge in [0.15, 0.2) is 0 Å². The van der Waals surface area contributed by atoms with E-state index in [0.29, 0.717) is 13.1 Å². The maximum absolute atomic E-state index is 12.9. The molecule has 0 saturated carbocycles. The molecule has 1 fully saturated rings. The Hall–Kier alpha value is -2.51. The summed E-state index contributed by atoms with van der Waals surface area (Å²) in [6, 6.07) is -0.305. The highest BCUT2D eigenvalue weighted by molar-refractivity contribution is 5.80. The standard InChI is InChI=1S/C15H21N7O/c1-12(2)14(22-11-17-10-19-22)15(23)21-7-5-20(6-8-21)13-9-16-3-4-18-13/h3-4,9-12,14H,5-8H2,1-2H3. The summed E-state index contributed by atoms with van der Waals surface area (Å²) in [5, 5.41) is 4.15. The molecule has 8 heteroatoms. The molecule has 1 unspecified atom stereocenters. The van der Waals surface area contributed by atoms with Crippen LogP contribution >= 0.6 is 0 Å². The zero-order valence-corrected chi connectivity index (χ0v) is 13.4. The lowest BCUT2D eigenvalue weighted by atomic mass is 10.0. The summed E-state index contributed by atoms with van der Waals surface area (Å²) in [7, 11) is 0. The van der Waals surface area contributed by atoms with Gasteiger partial charge in [0.1, 0.15) is 24.5 Å². The van der Waals surface area contributed by atoms with Gasteiger partial charge in [-0.25, -0.2) is 14.6 Å². The van der Waals surface area contributed by atoms with Crippen molar-refractivity contribution in [3.05, 3.63) is 31.2 Å². The van der Waals surface area contributed by atoms with Crippen LogP contribution < -0.4 is 4.90 Å². The number of carbonyl (C=O) groups excluding carboxylic acids is 1. The molecule has 0 radical (unpaired) electrons. The summed E-state index contributed by atoms with van der Waals surface area (Å²) < 4.78 is 1.65. The fourth-order valence-electron chi connectivity index (χ4n) is 2.86. The molecule has 0 spiro atoms. The molecule has 3 rings (SSSR count). The summed E-state index contributed by atoms with van der Waals surface area (Å²) in [4.78, 5) is 29.3. The number of carbonyl (C=O) groups is 1. The number of hydrogen-bond acceptors (Lipinski definition) is 6. The van der Waals surface area contributed by atoms with Gasteiger partial charge in [0.2, 0.25) is 5.91 Å². The van der Waals surface area contributed by atoms with Crippen LogP contribution in [-0.4, -0.2) is 61.7 Å². The van der Waals surface area contributed by atoms with E-state index in [9.17, 15) is 4.79 Å². The predicted octanol–water partition coefficient (Wildman–Crippen LogP) is 0.614. The molecule has 1 atom stereocenters. The summed E-state index contributed by atoms with van der Waals surface area (Å²) in [5.41, 5.74) is 0. The molecule has 3 heterocycles. The summed E-state index contributed by atoms with van der Waals surface area (Å²) in [5.74, 6) is 1.11. The van der Waals surface area contributed by atoms with Gasteiger partial charge in [-0.15, -0.1) is 0 Å². The average molecular weight is 315 g/mol. The van der Waals surface area contributed by atoms with Crippen LogP contribution in [0, 0.1) is 5.92 Å². The minimum atomic E-state index is -0.305. The minimum Gasteiger partial charge on any atom is -0.352 e. The van der Waals surface area contributed by atoms with Crippen LogP contribution in [0.3, 0.4) is 0 Å². The second-order valence-corrected chi connectivity index (χ2v) is 5.94. The van der Waals surface area contributed by atoms with Crippen LogP contribution in [0.4, 0.5) is 5.82 Å². The van der Waals surface area contributed by atoms with Gasteiger partial charge < -0.3 is 9.80 Å². The van der Waals surface area contributed by atoms with Gasteiger partial charge in [0.05, 0.1) is 6.20 Å². The van der Waals surface area contributed by atoms with Crippen LogP contribution in [0.5, 0.6) is 0 Å². The molecular formula is C15H21N7O. The molecule has 0 N–H and O–H groups in total. The summed E-state index contributed by atoms with van der Waals surface area (Å²) >= 11 is 0.